The fraction of sp³-hybridized carbons (Fsp3) is 0.455. The second kappa shape index (κ2) is 4.57. The van der Waals surface area contributed by atoms with Gasteiger partial charge in [-0.1, -0.05) is 0 Å². The smallest absolute Gasteiger partial charge is 0.414 e. The lowest BCUT2D eigenvalue weighted by Gasteiger charge is -2.24. The first-order valence-electron chi connectivity index (χ1n) is 5.05. The summed E-state index contributed by atoms with van der Waals surface area (Å²) in [5.74, 6) is -0.696. The standard InChI is InChI=1S/C11H15FN2O3/c1-11(2,3)17-10(16)14(4)8-5-9(15)13-6-7(8)12/h5-6H,1-4H3,(H,13,15). The molecule has 0 atom stereocenters. The molecule has 94 valence electrons. The number of H-pyrrole nitrogens is 1. The molecule has 1 aromatic rings. The van der Waals surface area contributed by atoms with Crippen LogP contribution in [-0.2, 0) is 4.74 Å². The summed E-state index contributed by atoms with van der Waals surface area (Å²) in [5, 5.41) is 0. The Kier molecular flexibility index (Phi) is 3.55. The molecule has 0 aliphatic carbocycles. The topological polar surface area (TPSA) is 62.4 Å². The molecule has 0 spiro atoms. The van der Waals surface area contributed by atoms with Crippen LogP contribution in [0, 0.1) is 5.82 Å². The van der Waals surface area contributed by atoms with E-state index in [0.717, 1.165) is 17.2 Å². The van der Waals surface area contributed by atoms with Crippen LogP contribution in [0.5, 0.6) is 0 Å². The molecule has 0 fully saturated rings. The molecule has 0 bridgehead atoms. The molecular formula is C11H15FN2O3. The Morgan fingerprint density at radius 3 is 2.59 bits per heavy atom. The number of ether oxygens (including phenoxy) is 1. The second-order valence-corrected chi connectivity index (χ2v) is 4.57. The molecule has 5 nitrogen and oxygen atoms in total. The summed E-state index contributed by atoms with van der Waals surface area (Å²) in [6.45, 7) is 5.10. The van der Waals surface area contributed by atoms with Gasteiger partial charge in [-0.2, -0.15) is 0 Å². The van der Waals surface area contributed by atoms with E-state index >= 15 is 0 Å². The van der Waals surface area contributed by atoms with Gasteiger partial charge in [-0.25, -0.2) is 9.18 Å². The zero-order valence-electron chi connectivity index (χ0n) is 10.2. The van der Waals surface area contributed by atoms with E-state index in [9.17, 15) is 14.0 Å². The molecule has 0 saturated heterocycles. The van der Waals surface area contributed by atoms with Gasteiger partial charge in [0.05, 0.1) is 5.69 Å². The number of carbonyl (C=O) groups is 1. The maximum Gasteiger partial charge on any atom is 0.414 e. The quantitative estimate of drug-likeness (QED) is 0.817. The van der Waals surface area contributed by atoms with E-state index in [1.54, 1.807) is 20.8 Å². The van der Waals surface area contributed by atoms with E-state index in [-0.39, 0.29) is 5.69 Å². The molecule has 1 aromatic heterocycles. The largest absolute Gasteiger partial charge is 0.443 e. The minimum Gasteiger partial charge on any atom is -0.443 e. The Hall–Kier alpha value is -1.85. The van der Waals surface area contributed by atoms with E-state index in [1.165, 1.54) is 7.05 Å². The number of rotatable bonds is 1. The molecule has 0 saturated carbocycles. The number of hydrogen-bond acceptors (Lipinski definition) is 3. The summed E-state index contributed by atoms with van der Waals surface area (Å²) in [4.78, 5) is 25.8. The minimum absolute atomic E-state index is 0.122. The van der Waals surface area contributed by atoms with Crippen molar-refractivity contribution in [3.8, 4) is 0 Å². The van der Waals surface area contributed by atoms with Crippen LogP contribution in [0.2, 0.25) is 0 Å². The average molecular weight is 242 g/mol. The fourth-order valence-electron chi connectivity index (χ4n) is 1.13. The number of carbonyl (C=O) groups excluding carboxylic acids is 1. The minimum atomic E-state index is -0.720. The van der Waals surface area contributed by atoms with Gasteiger partial charge in [0, 0.05) is 19.3 Å². The molecule has 0 radical (unpaired) electrons. The summed E-state index contributed by atoms with van der Waals surface area (Å²) in [7, 11) is 1.34. The fourth-order valence-corrected chi connectivity index (χ4v) is 1.13. The van der Waals surface area contributed by atoms with Crippen molar-refractivity contribution in [2.75, 3.05) is 11.9 Å². The molecule has 0 aliphatic heterocycles. The van der Waals surface area contributed by atoms with E-state index in [1.807, 2.05) is 0 Å². The van der Waals surface area contributed by atoms with Gasteiger partial charge in [-0.05, 0) is 20.8 Å². The Morgan fingerprint density at radius 2 is 2.06 bits per heavy atom. The normalized spacial score (nSPS) is 11.1. The lowest BCUT2D eigenvalue weighted by atomic mass is 10.2. The van der Waals surface area contributed by atoms with Crippen LogP contribution in [0.25, 0.3) is 0 Å². The maximum atomic E-state index is 13.4. The summed E-state index contributed by atoms with van der Waals surface area (Å²) >= 11 is 0. The van der Waals surface area contributed by atoms with Gasteiger partial charge in [0.15, 0.2) is 5.82 Å². The number of nitrogens with one attached hydrogen (secondary N) is 1. The number of hydrogen-bond donors (Lipinski definition) is 1. The SMILES string of the molecule is CN(C(=O)OC(C)(C)C)c1cc(=O)[nH]cc1F. The lowest BCUT2D eigenvalue weighted by molar-refractivity contribution is 0.0588. The van der Waals surface area contributed by atoms with Crippen LogP contribution in [0.4, 0.5) is 14.9 Å². The Labute approximate surface area is 98.2 Å². The second-order valence-electron chi connectivity index (χ2n) is 4.57. The molecule has 0 aliphatic rings. The maximum absolute atomic E-state index is 13.4. The van der Waals surface area contributed by atoms with Gasteiger partial charge in [-0.15, -0.1) is 0 Å². The third-order valence-corrected chi connectivity index (χ3v) is 1.88. The first kappa shape index (κ1) is 13.2. The van der Waals surface area contributed by atoms with Crippen LogP contribution in [0.1, 0.15) is 20.8 Å². The highest BCUT2D eigenvalue weighted by Crippen LogP contribution is 2.17. The van der Waals surface area contributed by atoms with Crippen molar-refractivity contribution in [1.82, 2.24) is 4.98 Å². The highest BCUT2D eigenvalue weighted by atomic mass is 19.1. The number of nitrogens with zero attached hydrogens (tertiary/aromatic N) is 1. The Morgan fingerprint density at radius 1 is 1.47 bits per heavy atom. The van der Waals surface area contributed by atoms with Crippen molar-refractivity contribution in [3.05, 3.63) is 28.4 Å². The highest BCUT2D eigenvalue weighted by Gasteiger charge is 2.22. The average Bonchev–Trinajstić information content (AvgIpc) is 2.18. The lowest BCUT2D eigenvalue weighted by Crippen LogP contribution is -2.35. The number of halogens is 1. The predicted octanol–water partition coefficient (Wildman–Crippen LogP) is 1.89. The number of aromatic nitrogens is 1. The summed E-state index contributed by atoms with van der Waals surface area (Å²) < 4.78 is 18.5. The Balaban J connectivity index is 2.96. The van der Waals surface area contributed by atoms with Crippen LogP contribution >= 0.6 is 0 Å². The van der Waals surface area contributed by atoms with Crippen LogP contribution in [0.15, 0.2) is 17.1 Å². The highest BCUT2D eigenvalue weighted by molar-refractivity contribution is 5.87. The van der Waals surface area contributed by atoms with Gasteiger partial charge in [0.25, 0.3) is 0 Å². The molecule has 1 amide bonds. The molecule has 6 heteroatoms. The molecule has 1 rings (SSSR count). The van der Waals surface area contributed by atoms with Crippen LogP contribution < -0.4 is 10.5 Å². The predicted molar refractivity (Wildman–Crippen MR) is 61.7 cm³/mol. The van der Waals surface area contributed by atoms with Gasteiger partial charge in [0.1, 0.15) is 5.60 Å². The summed E-state index contributed by atoms with van der Waals surface area (Å²) in [6, 6.07) is 0.999. The van der Waals surface area contributed by atoms with Gasteiger partial charge in [-0.3, -0.25) is 9.69 Å². The van der Waals surface area contributed by atoms with Crippen molar-refractivity contribution < 1.29 is 13.9 Å². The molecular weight excluding hydrogens is 227 g/mol. The first-order valence-corrected chi connectivity index (χ1v) is 5.05. The molecule has 17 heavy (non-hydrogen) atoms. The number of aromatic amines is 1. The van der Waals surface area contributed by atoms with E-state index in [2.05, 4.69) is 4.98 Å². The number of anilines is 1. The van der Waals surface area contributed by atoms with Crippen molar-refractivity contribution in [3.63, 3.8) is 0 Å². The summed E-state index contributed by atoms with van der Waals surface area (Å²) in [6.07, 6.45) is 0.181. The van der Waals surface area contributed by atoms with Crippen molar-refractivity contribution in [1.29, 1.82) is 0 Å². The van der Waals surface area contributed by atoms with E-state index in [0.29, 0.717) is 0 Å². The third-order valence-electron chi connectivity index (χ3n) is 1.88. The van der Waals surface area contributed by atoms with Crippen LogP contribution in [-0.4, -0.2) is 23.7 Å². The molecule has 0 unspecified atom stereocenters. The number of pyridine rings is 1. The number of amides is 1. The zero-order chi connectivity index (χ0) is 13.2. The zero-order valence-corrected chi connectivity index (χ0v) is 10.2. The van der Waals surface area contributed by atoms with E-state index < -0.39 is 23.1 Å². The monoisotopic (exact) mass is 242 g/mol. The van der Waals surface area contributed by atoms with Crippen LogP contribution in [0.3, 0.4) is 0 Å². The van der Waals surface area contributed by atoms with Crippen molar-refractivity contribution in [2.45, 2.75) is 26.4 Å². The first-order chi connectivity index (χ1) is 7.70. The van der Waals surface area contributed by atoms with Crippen molar-refractivity contribution in [2.24, 2.45) is 0 Å². The van der Waals surface area contributed by atoms with Gasteiger partial charge < -0.3 is 9.72 Å². The molecule has 0 aromatic carbocycles. The molecule has 1 N–H and O–H groups in total. The summed E-state index contributed by atoms with van der Waals surface area (Å²) in [5.41, 5.74) is -1.29. The Bertz CT molecular complexity index is 476. The molecule has 1 heterocycles. The van der Waals surface area contributed by atoms with Gasteiger partial charge in [0.2, 0.25) is 5.56 Å². The van der Waals surface area contributed by atoms with Crippen molar-refractivity contribution >= 4 is 11.8 Å². The van der Waals surface area contributed by atoms with E-state index in [4.69, 9.17) is 4.74 Å². The third kappa shape index (κ3) is 3.58. The van der Waals surface area contributed by atoms with Gasteiger partial charge >= 0.3 is 6.09 Å².